The van der Waals surface area contributed by atoms with Crippen molar-refractivity contribution in [2.24, 2.45) is 0 Å². The number of nitrogens with one attached hydrogen (secondary N) is 3. The summed E-state index contributed by atoms with van der Waals surface area (Å²) in [6, 6.07) is 8.82. The van der Waals surface area contributed by atoms with Crippen LogP contribution in [0.5, 0.6) is 0 Å². The van der Waals surface area contributed by atoms with Crippen LogP contribution in [0.4, 0.5) is 17.3 Å². The number of amides is 1. The van der Waals surface area contributed by atoms with Gasteiger partial charge in [-0.05, 0) is 12.1 Å². The summed E-state index contributed by atoms with van der Waals surface area (Å²) < 4.78 is 4.94. The van der Waals surface area contributed by atoms with E-state index in [0.717, 1.165) is 0 Å². The molecule has 8 heteroatoms. The third-order valence-corrected chi connectivity index (χ3v) is 2.81. The summed E-state index contributed by atoms with van der Waals surface area (Å²) in [5, 5.41) is 3.02. The number of methoxy groups -OCH3 is 1. The number of hydrazine groups is 1. The summed E-state index contributed by atoms with van der Waals surface area (Å²) in [5.74, 6) is 0.509. The fourth-order valence-electron chi connectivity index (χ4n) is 1.69. The molecule has 1 aromatic carbocycles. The summed E-state index contributed by atoms with van der Waals surface area (Å²) in [6.45, 7) is 1.09. The van der Waals surface area contributed by atoms with Crippen molar-refractivity contribution >= 4 is 23.2 Å². The quantitative estimate of drug-likeness (QED) is 0.443. The van der Waals surface area contributed by atoms with Gasteiger partial charge in [-0.1, -0.05) is 18.2 Å². The Hall–Kier alpha value is -2.87. The Morgan fingerprint density at radius 3 is 2.68 bits per heavy atom. The summed E-state index contributed by atoms with van der Waals surface area (Å²) in [5.41, 5.74) is 12.0. The fourth-order valence-corrected chi connectivity index (χ4v) is 1.69. The molecule has 2 aromatic rings. The number of benzene rings is 1. The lowest BCUT2D eigenvalue weighted by molar-refractivity contribution is 0.0962. The van der Waals surface area contributed by atoms with Gasteiger partial charge in [-0.25, -0.2) is 9.97 Å². The highest BCUT2D eigenvalue weighted by molar-refractivity contribution is 5.95. The zero-order valence-corrected chi connectivity index (χ0v) is 12.2. The van der Waals surface area contributed by atoms with E-state index in [4.69, 9.17) is 10.5 Å². The van der Waals surface area contributed by atoms with Crippen LogP contribution in [0.1, 0.15) is 10.4 Å². The molecule has 0 atom stereocenters. The van der Waals surface area contributed by atoms with Crippen molar-refractivity contribution in [2.75, 3.05) is 36.7 Å². The molecule has 5 N–H and O–H groups in total. The van der Waals surface area contributed by atoms with Crippen molar-refractivity contribution in [1.82, 2.24) is 15.4 Å². The van der Waals surface area contributed by atoms with Crippen LogP contribution in [0, 0.1) is 0 Å². The van der Waals surface area contributed by atoms with Crippen LogP contribution in [0.15, 0.2) is 36.7 Å². The fraction of sp³-hybridized carbons (Fsp3) is 0.214. The Labute approximate surface area is 128 Å². The number of hydrogen-bond acceptors (Lipinski definition) is 7. The lowest BCUT2D eigenvalue weighted by atomic mass is 10.2. The van der Waals surface area contributed by atoms with E-state index >= 15 is 0 Å². The first-order chi connectivity index (χ1) is 10.7. The number of nitrogen functional groups attached to an aromatic ring is 1. The molecule has 8 nitrogen and oxygen atoms in total. The van der Waals surface area contributed by atoms with E-state index in [1.54, 1.807) is 31.4 Å². The molecule has 1 aromatic heterocycles. The SMILES string of the molecule is COCCNc1ncnc(NNC(=O)c2ccccc2)c1N. The number of rotatable bonds is 7. The molecular weight excluding hydrogens is 284 g/mol. The van der Waals surface area contributed by atoms with E-state index < -0.39 is 0 Å². The van der Waals surface area contributed by atoms with Crippen molar-refractivity contribution < 1.29 is 9.53 Å². The zero-order chi connectivity index (χ0) is 15.8. The molecule has 0 bridgehead atoms. The minimum absolute atomic E-state index is 0.285. The monoisotopic (exact) mass is 302 g/mol. The Morgan fingerprint density at radius 2 is 1.95 bits per heavy atom. The second-order valence-electron chi connectivity index (χ2n) is 4.35. The zero-order valence-electron chi connectivity index (χ0n) is 12.2. The number of anilines is 3. The highest BCUT2D eigenvalue weighted by atomic mass is 16.5. The number of carbonyl (C=O) groups excluding carboxylic acids is 1. The summed E-state index contributed by atoms with van der Waals surface area (Å²) in [6.07, 6.45) is 1.35. The van der Waals surface area contributed by atoms with Gasteiger partial charge in [0.1, 0.15) is 12.0 Å². The summed E-state index contributed by atoms with van der Waals surface area (Å²) in [7, 11) is 1.61. The average molecular weight is 302 g/mol. The van der Waals surface area contributed by atoms with E-state index in [0.29, 0.717) is 36.0 Å². The van der Waals surface area contributed by atoms with Gasteiger partial charge in [0.25, 0.3) is 5.91 Å². The van der Waals surface area contributed by atoms with Gasteiger partial charge < -0.3 is 15.8 Å². The number of hydrogen-bond donors (Lipinski definition) is 4. The minimum Gasteiger partial charge on any atom is -0.393 e. The number of ether oxygens (including phenoxy) is 1. The van der Waals surface area contributed by atoms with E-state index in [1.807, 2.05) is 6.07 Å². The van der Waals surface area contributed by atoms with Gasteiger partial charge >= 0.3 is 0 Å². The minimum atomic E-state index is -0.285. The first-order valence-corrected chi connectivity index (χ1v) is 6.67. The smallest absolute Gasteiger partial charge is 0.269 e. The van der Waals surface area contributed by atoms with E-state index in [9.17, 15) is 4.79 Å². The largest absolute Gasteiger partial charge is 0.393 e. The summed E-state index contributed by atoms with van der Waals surface area (Å²) in [4.78, 5) is 20.0. The molecule has 116 valence electrons. The van der Waals surface area contributed by atoms with Crippen molar-refractivity contribution in [3.8, 4) is 0 Å². The van der Waals surface area contributed by atoms with Gasteiger partial charge in [0.2, 0.25) is 0 Å². The molecule has 1 heterocycles. The highest BCUT2D eigenvalue weighted by Gasteiger charge is 2.09. The normalized spacial score (nSPS) is 10.0. The third-order valence-electron chi connectivity index (χ3n) is 2.81. The molecule has 0 aliphatic carbocycles. The van der Waals surface area contributed by atoms with Gasteiger partial charge in [0.05, 0.1) is 6.61 Å². The second-order valence-corrected chi connectivity index (χ2v) is 4.35. The number of carbonyl (C=O) groups is 1. The maximum atomic E-state index is 11.9. The van der Waals surface area contributed by atoms with Crippen molar-refractivity contribution in [3.05, 3.63) is 42.2 Å². The Bertz CT molecular complexity index is 620. The lowest BCUT2D eigenvalue weighted by Gasteiger charge is -2.13. The first-order valence-electron chi connectivity index (χ1n) is 6.67. The lowest BCUT2D eigenvalue weighted by Crippen LogP contribution is -2.30. The van der Waals surface area contributed by atoms with Crippen LogP contribution in [-0.4, -0.2) is 36.1 Å². The number of nitrogens with zero attached hydrogens (tertiary/aromatic N) is 2. The van der Waals surface area contributed by atoms with Crippen LogP contribution >= 0.6 is 0 Å². The van der Waals surface area contributed by atoms with Gasteiger partial charge in [-0.2, -0.15) is 0 Å². The molecule has 0 unspecified atom stereocenters. The van der Waals surface area contributed by atoms with Crippen molar-refractivity contribution in [2.45, 2.75) is 0 Å². The molecule has 0 aliphatic rings. The molecular formula is C14H18N6O2. The summed E-state index contributed by atoms with van der Waals surface area (Å²) >= 11 is 0. The Kier molecular flexibility index (Phi) is 5.50. The topological polar surface area (TPSA) is 114 Å². The Balaban J connectivity index is 1.98. The van der Waals surface area contributed by atoms with Gasteiger partial charge in [-0.15, -0.1) is 0 Å². The molecule has 0 spiro atoms. The van der Waals surface area contributed by atoms with Crippen LogP contribution in [-0.2, 0) is 4.74 Å². The maximum absolute atomic E-state index is 11.9. The van der Waals surface area contributed by atoms with Crippen molar-refractivity contribution in [1.29, 1.82) is 0 Å². The van der Waals surface area contributed by atoms with Crippen molar-refractivity contribution in [3.63, 3.8) is 0 Å². The molecule has 2 rings (SSSR count). The Morgan fingerprint density at radius 1 is 1.23 bits per heavy atom. The molecule has 22 heavy (non-hydrogen) atoms. The number of nitrogens with two attached hydrogens (primary N) is 1. The second kappa shape index (κ2) is 7.79. The first kappa shape index (κ1) is 15.5. The van der Waals surface area contributed by atoms with E-state index in [2.05, 4.69) is 26.1 Å². The molecule has 1 amide bonds. The van der Waals surface area contributed by atoms with Crippen LogP contribution in [0.25, 0.3) is 0 Å². The predicted octanol–water partition coefficient (Wildman–Crippen LogP) is 0.874. The predicted molar refractivity (Wildman–Crippen MR) is 84.3 cm³/mol. The molecule has 0 saturated carbocycles. The third kappa shape index (κ3) is 4.06. The highest BCUT2D eigenvalue weighted by Crippen LogP contribution is 2.21. The van der Waals surface area contributed by atoms with Gasteiger partial charge in [0.15, 0.2) is 11.6 Å². The van der Waals surface area contributed by atoms with E-state index in [1.165, 1.54) is 6.33 Å². The molecule has 0 aliphatic heterocycles. The van der Waals surface area contributed by atoms with Crippen LogP contribution in [0.3, 0.4) is 0 Å². The molecule has 0 saturated heterocycles. The van der Waals surface area contributed by atoms with Gasteiger partial charge in [-0.3, -0.25) is 15.6 Å². The van der Waals surface area contributed by atoms with Crippen LogP contribution in [0.2, 0.25) is 0 Å². The van der Waals surface area contributed by atoms with Crippen LogP contribution < -0.4 is 21.9 Å². The molecule has 0 fully saturated rings. The standard InChI is InChI=1S/C14H18N6O2/c1-22-8-7-16-12-11(15)13(18-9-17-12)19-20-14(21)10-5-3-2-4-6-10/h2-6,9H,7-8,15H2,1H3,(H,20,21)(H2,16,17,18,19). The maximum Gasteiger partial charge on any atom is 0.269 e. The average Bonchev–Trinajstić information content (AvgIpc) is 2.56. The van der Waals surface area contributed by atoms with E-state index in [-0.39, 0.29) is 5.91 Å². The number of aromatic nitrogens is 2. The van der Waals surface area contributed by atoms with Gasteiger partial charge in [0, 0.05) is 19.2 Å². The molecule has 0 radical (unpaired) electrons.